The second kappa shape index (κ2) is 6.12. The van der Waals surface area contributed by atoms with Crippen LogP contribution in [0.1, 0.15) is 0 Å². The molecule has 6 nitrogen and oxygen atoms in total. The van der Waals surface area contributed by atoms with Gasteiger partial charge in [-0.05, 0) is 28.7 Å². The molecular formula is C13H13IN2O4. The van der Waals surface area contributed by atoms with Crippen LogP contribution in [-0.2, 0) is 0 Å². The van der Waals surface area contributed by atoms with Crippen molar-refractivity contribution in [2.45, 2.75) is 0 Å². The molecule has 0 bridgehead atoms. The van der Waals surface area contributed by atoms with Gasteiger partial charge in [-0.15, -0.1) is 0 Å². The van der Waals surface area contributed by atoms with Gasteiger partial charge in [0.25, 0.3) is 5.56 Å². The third-order valence-corrected chi connectivity index (χ3v) is 3.49. The standard InChI is InChI=1S/C13H13IN2O4/c1-18-9-5-11(20-3)10(19-2)4-7(9)12-15-6-8(14)13(17)16-12/h4-6H,1-3H3,(H,15,16,17). The number of benzene rings is 1. The van der Waals surface area contributed by atoms with E-state index in [0.717, 1.165) is 0 Å². The van der Waals surface area contributed by atoms with Crippen LogP contribution in [0.25, 0.3) is 11.4 Å². The topological polar surface area (TPSA) is 73.4 Å². The van der Waals surface area contributed by atoms with E-state index in [2.05, 4.69) is 9.97 Å². The molecule has 0 unspecified atom stereocenters. The van der Waals surface area contributed by atoms with Gasteiger partial charge in [-0.25, -0.2) is 4.98 Å². The summed E-state index contributed by atoms with van der Waals surface area (Å²) in [5.41, 5.74) is 0.422. The minimum atomic E-state index is -0.201. The smallest absolute Gasteiger partial charge is 0.264 e. The molecule has 1 aromatic carbocycles. The Bertz CT molecular complexity index is 685. The lowest BCUT2D eigenvalue weighted by Crippen LogP contribution is -2.11. The fraction of sp³-hybridized carbons (Fsp3) is 0.231. The third kappa shape index (κ3) is 2.72. The molecule has 7 heteroatoms. The predicted octanol–water partition coefficient (Wildman–Crippen LogP) is 2.07. The van der Waals surface area contributed by atoms with Gasteiger partial charge in [0, 0.05) is 12.3 Å². The molecule has 1 heterocycles. The number of hydrogen-bond acceptors (Lipinski definition) is 5. The number of nitrogens with zero attached hydrogens (tertiary/aromatic N) is 1. The first-order valence-corrected chi connectivity index (χ1v) is 6.73. The van der Waals surface area contributed by atoms with E-state index in [1.165, 1.54) is 20.4 Å². The Labute approximate surface area is 129 Å². The molecule has 0 spiro atoms. The minimum Gasteiger partial charge on any atom is -0.496 e. The van der Waals surface area contributed by atoms with Gasteiger partial charge in [0.2, 0.25) is 0 Å². The first-order chi connectivity index (χ1) is 9.60. The van der Waals surface area contributed by atoms with Crippen LogP contribution in [0.2, 0.25) is 0 Å². The van der Waals surface area contributed by atoms with E-state index in [9.17, 15) is 4.79 Å². The molecule has 0 aliphatic rings. The summed E-state index contributed by atoms with van der Waals surface area (Å²) >= 11 is 1.92. The molecule has 20 heavy (non-hydrogen) atoms. The number of aromatic nitrogens is 2. The summed E-state index contributed by atoms with van der Waals surface area (Å²) in [5.74, 6) is 2.02. The second-order valence-electron chi connectivity index (χ2n) is 3.82. The van der Waals surface area contributed by atoms with Crippen molar-refractivity contribution in [3.8, 4) is 28.6 Å². The van der Waals surface area contributed by atoms with E-state index >= 15 is 0 Å². The summed E-state index contributed by atoms with van der Waals surface area (Å²) in [5, 5.41) is 0. The first-order valence-electron chi connectivity index (χ1n) is 5.66. The Morgan fingerprint density at radius 2 is 1.65 bits per heavy atom. The number of aromatic amines is 1. The normalized spacial score (nSPS) is 10.2. The molecule has 106 valence electrons. The summed E-state index contributed by atoms with van der Waals surface area (Å²) in [6.07, 6.45) is 1.50. The van der Waals surface area contributed by atoms with Crippen molar-refractivity contribution in [2.24, 2.45) is 0 Å². The molecule has 0 atom stereocenters. The molecule has 0 aliphatic heterocycles. The van der Waals surface area contributed by atoms with Crippen LogP contribution in [0.5, 0.6) is 17.2 Å². The summed E-state index contributed by atoms with van der Waals surface area (Å²) in [7, 11) is 4.62. The van der Waals surface area contributed by atoms with Gasteiger partial charge in [-0.3, -0.25) is 4.79 Å². The summed E-state index contributed by atoms with van der Waals surface area (Å²) < 4.78 is 16.3. The molecule has 0 radical (unpaired) electrons. The van der Waals surface area contributed by atoms with E-state index < -0.39 is 0 Å². The maximum absolute atomic E-state index is 11.7. The Balaban J connectivity index is 2.65. The lowest BCUT2D eigenvalue weighted by molar-refractivity contribution is 0.349. The molecule has 0 aliphatic carbocycles. The summed E-state index contributed by atoms with van der Waals surface area (Å²) in [4.78, 5) is 18.6. The van der Waals surface area contributed by atoms with E-state index in [0.29, 0.717) is 32.2 Å². The van der Waals surface area contributed by atoms with Crippen molar-refractivity contribution in [1.29, 1.82) is 0 Å². The zero-order chi connectivity index (χ0) is 14.7. The highest BCUT2D eigenvalue weighted by Gasteiger charge is 2.15. The maximum atomic E-state index is 11.7. The van der Waals surface area contributed by atoms with Crippen molar-refractivity contribution >= 4 is 22.6 Å². The Hall–Kier alpha value is -1.77. The van der Waals surface area contributed by atoms with E-state index in [1.54, 1.807) is 19.2 Å². The Morgan fingerprint density at radius 1 is 1.05 bits per heavy atom. The molecule has 2 aromatic rings. The van der Waals surface area contributed by atoms with Gasteiger partial charge in [-0.2, -0.15) is 0 Å². The number of nitrogens with one attached hydrogen (secondary N) is 1. The molecule has 0 amide bonds. The average molecular weight is 388 g/mol. The van der Waals surface area contributed by atoms with Gasteiger partial charge in [0.15, 0.2) is 11.5 Å². The van der Waals surface area contributed by atoms with Crippen LogP contribution in [0.3, 0.4) is 0 Å². The van der Waals surface area contributed by atoms with Crippen molar-refractivity contribution in [3.05, 3.63) is 32.3 Å². The van der Waals surface area contributed by atoms with Crippen molar-refractivity contribution in [3.63, 3.8) is 0 Å². The van der Waals surface area contributed by atoms with E-state index in [-0.39, 0.29) is 5.56 Å². The molecule has 2 rings (SSSR count). The molecule has 1 N–H and O–H groups in total. The van der Waals surface area contributed by atoms with E-state index in [4.69, 9.17) is 14.2 Å². The molecule has 0 fully saturated rings. The third-order valence-electron chi connectivity index (χ3n) is 2.72. The highest BCUT2D eigenvalue weighted by molar-refractivity contribution is 14.1. The lowest BCUT2D eigenvalue weighted by atomic mass is 10.1. The quantitative estimate of drug-likeness (QED) is 0.812. The molecular weight excluding hydrogens is 375 g/mol. The SMILES string of the molecule is COc1cc(OC)c(-c2ncc(I)c(=O)[nH]2)cc1OC. The first kappa shape index (κ1) is 14.6. The minimum absolute atomic E-state index is 0.201. The fourth-order valence-corrected chi connectivity index (χ4v) is 2.00. The monoisotopic (exact) mass is 388 g/mol. The van der Waals surface area contributed by atoms with Crippen LogP contribution < -0.4 is 19.8 Å². The number of halogens is 1. The molecule has 0 saturated carbocycles. The van der Waals surface area contributed by atoms with Crippen LogP contribution in [-0.4, -0.2) is 31.3 Å². The van der Waals surface area contributed by atoms with Crippen molar-refractivity contribution in [1.82, 2.24) is 9.97 Å². The van der Waals surface area contributed by atoms with Crippen LogP contribution in [0.4, 0.5) is 0 Å². The maximum Gasteiger partial charge on any atom is 0.264 e. The van der Waals surface area contributed by atoms with Gasteiger partial charge >= 0.3 is 0 Å². The van der Waals surface area contributed by atoms with Crippen molar-refractivity contribution in [2.75, 3.05) is 21.3 Å². The summed E-state index contributed by atoms with van der Waals surface area (Å²) in [6.45, 7) is 0. The zero-order valence-corrected chi connectivity index (χ0v) is 13.3. The second-order valence-corrected chi connectivity index (χ2v) is 4.98. The highest BCUT2D eigenvalue weighted by Crippen LogP contribution is 2.38. The summed E-state index contributed by atoms with van der Waals surface area (Å²) in [6, 6.07) is 3.40. The lowest BCUT2D eigenvalue weighted by Gasteiger charge is -2.13. The number of hydrogen-bond donors (Lipinski definition) is 1. The van der Waals surface area contributed by atoms with Crippen LogP contribution in [0.15, 0.2) is 23.1 Å². The highest BCUT2D eigenvalue weighted by atomic mass is 127. The number of ether oxygens (including phenoxy) is 3. The zero-order valence-electron chi connectivity index (χ0n) is 11.2. The van der Waals surface area contributed by atoms with Gasteiger partial charge < -0.3 is 19.2 Å². The van der Waals surface area contributed by atoms with Crippen molar-refractivity contribution < 1.29 is 14.2 Å². The van der Waals surface area contributed by atoms with Crippen LogP contribution in [0, 0.1) is 3.57 Å². The van der Waals surface area contributed by atoms with E-state index in [1.807, 2.05) is 22.6 Å². The molecule has 1 aromatic heterocycles. The van der Waals surface area contributed by atoms with Gasteiger partial charge in [0.1, 0.15) is 11.6 Å². The van der Waals surface area contributed by atoms with Gasteiger partial charge in [0.05, 0.1) is 30.5 Å². The number of methoxy groups -OCH3 is 3. The fourth-order valence-electron chi connectivity index (χ4n) is 1.73. The molecule has 0 saturated heterocycles. The number of H-pyrrole nitrogens is 1. The largest absolute Gasteiger partial charge is 0.496 e. The Morgan fingerprint density at radius 3 is 2.20 bits per heavy atom. The average Bonchev–Trinajstić information content (AvgIpc) is 2.48. The van der Waals surface area contributed by atoms with Crippen LogP contribution >= 0.6 is 22.6 Å². The predicted molar refractivity (Wildman–Crippen MR) is 82.7 cm³/mol. The Kier molecular flexibility index (Phi) is 4.48. The number of rotatable bonds is 4. The van der Waals surface area contributed by atoms with Gasteiger partial charge in [-0.1, -0.05) is 0 Å².